The van der Waals surface area contributed by atoms with Crippen LogP contribution in [0.1, 0.15) is 34.7 Å². The highest BCUT2D eigenvalue weighted by Crippen LogP contribution is 2.23. The van der Waals surface area contributed by atoms with Crippen molar-refractivity contribution in [1.82, 2.24) is 10.2 Å². The molecule has 2 saturated heterocycles. The zero-order chi connectivity index (χ0) is 20.4. The van der Waals surface area contributed by atoms with Crippen LogP contribution in [0, 0.1) is 0 Å². The molecule has 8 heteroatoms. The molecule has 3 amide bonds. The average Bonchev–Trinajstić information content (AvgIpc) is 3.47. The van der Waals surface area contributed by atoms with Gasteiger partial charge in [0, 0.05) is 18.8 Å². The monoisotopic (exact) mass is 395 g/mol. The number of amides is 3. The molecule has 3 heterocycles. The summed E-state index contributed by atoms with van der Waals surface area (Å²) in [5.41, 5.74) is 2.18. The average molecular weight is 395 g/mol. The number of benzene rings is 1. The molecule has 0 saturated carbocycles. The van der Waals surface area contributed by atoms with Crippen LogP contribution in [0.15, 0.2) is 46.5 Å². The van der Waals surface area contributed by atoms with Gasteiger partial charge in [-0.3, -0.25) is 9.69 Å². The van der Waals surface area contributed by atoms with Gasteiger partial charge in [0.05, 0.1) is 13.7 Å². The Morgan fingerprint density at radius 1 is 1.14 bits per heavy atom. The van der Waals surface area contributed by atoms with E-state index in [1.54, 1.807) is 6.08 Å². The van der Waals surface area contributed by atoms with Crippen LogP contribution in [0.5, 0.6) is 0 Å². The van der Waals surface area contributed by atoms with Crippen molar-refractivity contribution in [2.24, 2.45) is 0 Å². The fourth-order valence-electron chi connectivity index (χ4n) is 3.47. The van der Waals surface area contributed by atoms with Crippen molar-refractivity contribution < 1.29 is 23.5 Å². The number of urea groups is 1. The van der Waals surface area contributed by atoms with E-state index in [4.69, 9.17) is 4.42 Å². The quantitative estimate of drug-likeness (QED) is 0.475. The number of hydrogen-bond acceptors (Lipinski definition) is 6. The zero-order valence-electron chi connectivity index (χ0n) is 16.0. The molecule has 0 spiro atoms. The van der Waals surface area contributed by atoms with Crippen molar-refractivity contribution in [2.45, 2.75) is 19.4 Å². The predicted molar refractivity (Wildman–Crippen MR) is 105 cm³/mol. The summed E-state index contributed by atoms with van der Waals surface area (Å²) in [6.45, 7) is 2.05. The Labute approximate surface area is 167 Å². The van der Waals surface area contributed by atoms with E-state index in [2.05, 4.69) is 15.0 Å². The van der Waals surface area contributed by atoms with Crippen LogP contribution < -0.4 is 10.2 Å². The van der Waals surface area contributed by atoms with Crippen LogP contribution in [0.2, 0.25) is 0 Å². The maximum Gasteiger partial charge on any atom is 0.373 e. The lowest BCUT2D eigenvalue weighted by molar-refractivity contribution is -0.123. The highest BCUT2D eigenvalue weighted by molar-refractivity contribution is 6.13. The second-order valence-electron chi connectivity index (χ2n) is 6.92. The number of ether oxygens (including phenoxy) is 1. The second-order valence-corrected chi connectivity index (χ2v) is 6.92. The fraction of sp³-hybridized carbons (Fsp3) is 0.286. The van der Waals surface area contributed by atoms with Crippen LogP contribution >= 0.6 is 0 Å². The molecule has 150 valence electrons. The maximum atomic E-state index is 12.6. The minimum Gasteiger partial charge on any atom is -0.463 e. The van der Waals surface area contributed by atoms with E-state index in [1.807, 2.05) is 24.3 Å². The zero-order valence-corrected chi connectivity index (χ0v) is 16.0. The maximum absolute atomic E-state index is 12.6. The standard InChI is InChI=1S/C21H21N3O5/c1-28-20(26)18-9-8-16(29-18)13-24-19(25)17(22-21(24)27)12-14-4-6-15(7-5-14)23-10-2-3-11-23/h4-9,12H,2-3,10-11,13H2,1H3,(H,22,27). The van der Waals surface area contributed by atoms with Gasteiger partial charge in [0.1, 0.15) is 11.5 Å². The van der Waals surface area contributed by atoms with Gasteiger partial charge in [-0.15, -0.1) is 0 Å². The number of hydrogen-bond donors (Lipinski definition) is 1. The summed E-state index contributed by atoms with van der Waals surface area (Å²) in [5.74, 6) is -0.741. The molecule has 2 aliphatic heterocycles. The van der Waals surface area contributed by atoms with E-state index in [-0.39, 0.29) is 18.0 Å². The highest BCUT2D eigenvalue weighted by Gasteiger charge is 2.34. The lowest BCUT2D eigenvalue weighted by atomic mass is 10.1. The molecule has 29 heavy (non-hydrogen) atoms. The normalized spacial score (nSPS) is 17.9. The molecule has 4 rings (SSSR count). The van der Waals surface area contributed by atoms with Crippen LogP contribution in [0.25, 0.3) is 6.08 Å². The molecule has 0 unspecified atom stereocenters. The number of methoxy groups -OCH3 is 1. The second kappa shape index (κ2) is 7.83. The molecule has 8 nitrogen and oxygen atoms in total. The van der Waals surface area contributed by atoms with Crippen molar-refractivity contribution in [3.8, 4) is 0 Å². The number of furan rings is 1. The third-order valence-electron chi connectivity index (χ3n) is 5.00. The first-order valence-corrected chi connectivity index (χ1v) is 9.42. The molecule has 2 aromatic rings. The predicted octanol–water partition coefficient (Wildman–Crippen LogP) is 2.76. The van der Waals surface area contributed by atoms with Crippen molar-refractivity contribution in [3.05, 3.63) is 59.2 Å². The van der Waals surface area contributed by atoms with Gasteiger partial charge in [0.25, 0.3) is 5.91 Å². The summed E-state index contributed by atoms with van der Waals surface area (Å²) in [6.07, 6.45) is 4.06. The number of anilines is 1. The summed E-state index contributed by atoms with van der Waals surface area (Å²) >= 11 is 0. The molecule has 1 aromatic carbocycles. The largest absolute Gasteiger partial charge is 0.463 e. The molecule has 0 bridgehead atoms. The number of carbonyl (C=O) groups is 3. The molecule has 1 N–H and O–H groups in total. The third kappa shape index (κ3) is 3.87. The van der Waals surface area contributed by atoms with Crippen LogP contribution in [-0.2, 0) is 16.1 Å². The SMILES string of the molecule is COC(=O)c1ccc(CN2C(=O)NC(=Cc3ccc(N4CCCC4)cc3)C2=O)o1. The summed E-state index contributed by atoms with van der Waals surface area (Å²) in [4.78, 5) is 39.7. The molecular formula is C21H21N3O5. The molecule has 1 aromatic heterocycles. The van der Waals surface area contributed by atoms with Gasteiger partial charge in [-0.05, 0) is 48.7 Å². The number of carbonyl (C=O) groups excluding carboxylic acids is 3. The van der Waals surface area contributed by atoms with Gasteiger partial charge in [-0.1, -0.05) is 12.1 Å². The Kier molecular flexibility index (Phi) is 5.07. The topological polar surface area (TPSA) is 92.1 Å². The molecule has 0 radical (unpaired) electrons. The summed E-state index contributed by atoms with van der Waals surface area (Å²) in [5, 5.41) is 2.59. The minimum atomic E-state index is -0.619. The first-order chi connectivity index (χ1) is 14.0. The Bertz CT molecular complexity index is 970. The van der Waals surface area contributed by atoms with E-state index in [0.717, 1.165) is 29.2 Å². The Morgan fingerprint density at radius 3 is 2.55 bits per heavy atom. The first kappa shape index (κ1) is 18.8. The number of esters is 1. The number of rotatable bonds is 5. The number of nitrogens with zero attached hydrogens (tertiary/aromatic N) is 2. The van der Waals surface area contributed by atoms with Crippen LogP contribution in [0.3, 0.4) is 0 Å². The molecular weight excluding hydrogens is 374 g/mol. The van der Waals surface area contributed by atoms with Crippen molar-refractivity contribution >= 4 is 29.7 Å². The van der Waals surface area contributed by atoms with E-state index in [9.17, 15) is 14.4 Å². The van der Waals surface area contributed by atoms with Gasteiger partial charge < -0.3 is 19.4 Å². The van der Waals surface area contributed by atoms with Gasteiger partial charge in [0.2, 0.25) is 5.76 Å². The molecule has 0 atom stereocenters. The summed E-state index contributed by atoms with van der Waals surface area (Å²) in [7, 11) is 1.25. The smallest absolute Gasteiger partial charge is 0.373 e. The van der Waals surface area contributed by atoms with Crippen molar-refractivity contribution in [3.63, 3.8) is 0 Å². The van der Waals surface area contributed by atoms with Crippen LogP contribution in [0.4, 0.5) is 10.5 Å². The van der Waals surface area contributed by atoms with E-state index in [1.165, 1.54) is 32.1 Å². The van der Waals surface area contributed by atoms with E-state index >= 15 is 0 Å². The minimum absolute atomic E-state index is 0.0170. The highest BCUT2D eigenvalue weighted by atomic mass is 16.5. The fourth-order valence-corrected chi connectivity index (χ4v) is 3.47. The first-order valence-electron chi connectivity index (χ1n) is 9.42. The van der Waals surface area contributed by atoms with Crippen LogP contribution in [-0.4, -0.2) is 43.0 Å². The Balaban J connectivity index is 1.46. The van der Waals surface area contributed by atoms with Gasteiger partial charge in [-0.25, -0.2) is 9.59 Å². The summed E-state index contributed by atoms with van der Waals surface area (Å²) < 4.78 is 9.92. The number of imide groups is 1. The molecule has 2 aliphatic rings. The van der Waals surface area contributed by atoms with Gasteiger partial charge in [0.15, 0.2) is 0 Å². The van der Waals surface area contributed by atoms with Gasteiger partial charge in [-0.2, -0.15) is 0 Å². The summed E-state index contributed by atoms with van der Waals surface area (Å²) in [6, 6.07) is 10.3. The Morgan fingerprint density at radius 2 is 1.86 bits per heavy atom. The molecule has 2 fully saturated rings. The number of nitrogens with one attached hydrogen (secondary N) is 1. The van der Waals surface area contributed by atoms with E-state index in [0.29, 0.717) is 5.76 Å². The third-order valence-corrected chi connectivity index (χ3v) is 5.00. The van der Waals surface area contributed by atoms with Crippen molar-refractivity contribution in [1.29, 1.82) is 0 Å². The Hall–Kier alpha value is -3.55. The lowest BCUT2D eigenvalue weighted by Crippen LogP contribution is -2.30. The molecule has 0 aliphatic carbocycles. The van der Waals surface area contributed by atoms with E-state index < -0.39 is 17.9 Å². The van der Waals surface area contributed by atoms with Gasteiger partial charge >= 0.3 is 12.0 Å². The lowest BCUT2D eigenvalue weighted by Gasteiger charge is -2.17. The van der Waals surface area contributed by atoms with Crippen molar-refractivity contribution in [2.75, 3.05) is 25.1 Å².